The lowest BCUT2D eigenvalue weighted by atomic mass is 9.85. The molecule has 3 nitrogen and oxygen atoms in total. The number of aromatic nitrogens is 2. The Morgan fingerprint density at radius 1 is 1.41 bits per heavy atom. The van der Waals surface area contributed by atoms with Crippen molar-refractivity contribution in [3.8, 4) is 0 Å². The molecule has 94 valence electrons. The number of rotatable bonds is 5. The molecule has 1 aromatic rings. The van der Waals surface area contributed by atoms with Crippen LogP contribution < -0.4 is 0 Å². The highest BCUT2D eigenvalue weighted by Crippen LogP contribution is 2.26. The monoisotopic (exact) mass is 234 g/mol. The van der Waals surface area contributed by atoms with Gasteiger partial charge in [-0.2, -0.15) is 5.10 Å². The standard InChI is InChI=1S/C14H22N2O/c1-16-11-13(10-15-16)7-8-14(17)9-12-5-3-2-4-6-12/h10-12H,2-9H2,1H3. The van der Waals surface area contributed by atoms with Crippen LogP contribution in [0, 0.1) is 5.92 Å². The van der Waals surface area contributed by atoms with Gasteiger partial charge in [-0.25, -0.2) is 0 Å². The molecule has 3 heteroatoms. The van der Waals surface area contributed by atoms with Crippen LogP contribution in [-0.4, -0.2) is 15.6 Å². The highest BCUT2D eigenvalue weighted by molar-refractivity contribution is 5.78. The number of ketones is 1. The molecule has 17 heavy (non-hydrogen) atoms. The molecule has 0 N–H and O–H groups in total. The van der Waals surface area contributed by atoms with Gasteiger partial charge in [0.15, 0.2) is 0 Å². The van der Waals surface area contributed by atoms with E-state index in [0.29, 0.717) is 18.1 Å². The van der Waals surface area contributed by atoms with Crippen molar-refractivity contribution < 1.29 is 4.79 Å². The second-order valence-corrected chi connectivity index (χ2v) is 5.27. The maximum atomic E-state index is 11.9. The second-order valence-electron chi connectivity index (χ2n) is 5.27. The highest BCUT2D eigenvalue weighted by atomic mass is 16.1. The molecule has 0 amide bonds. The Hall–Kier alpha value is -1.12. The van der Waals surface area contributed by atoms with Crippen molar-refractivity contribution in [2.45, 2.75) is 51.4 Å². The summed E-state index contributed by atoms with van der Waals surface area (Å²) in [5.74, 6) is 1.10. The van der Waals surface area contributed by atoms with Gasteiger partial charge in [0.2, 0.25) is 0 Å². The van der Waals surface area contributed by atoms with E-state index in [1.54, 1.807) is 4.68 Å². The SMILES string of the molecule is Cn1cc(CCC(=O)CC2CCCCC2)cn1. The molecular weight excluding hydrogens is 212 g/mol. The first-order chi connectivity index (χ1) is 8.24. The fraction of sp³-hybridized carbons (Fsp3) is 0.714. The van der Waals surface area contributed by atoms with Crippen LogP contribution in [0.1, 0.15) is 50.5 Å². The minimum atomic E-state index is 0.431. The molecule has 0 unspecified atom stereocenters. The Bertz CT molecular complexity index is 364. The molecule has 0 atom stereocenters. The van der Waals surface area contributed by atoms with E-state index in [2.05, 4.69) is 5.10 Å². The molecule has 0 bridgehead atoms. The molecule has 0 saturated heterocycles. The van der Waals surface area contributed by atoms with Crippen molar-refractivity contribution in [3.63, 3.8) is 0 Å². The smallest absolute Gasteiger partial charge is 0.133 e. The Balaban J connectivity index is 1.70. The Labute approximate surface area is 103 Å². The van der Waals surface area contributed by atoms with Crippen LogP contribution >= 0.6 is 0 Å². The molecule has 0 aromatic carbocycles. The summed E-state index contributed by atoms with van der Waals surface area (Å²) in [6.45, 7) is 0. The maximum absolute atomic E-state index is 11.9. The van der Waals surface area contributed by atoms with Crippen LogP contribution in [0.2, 0.25) is 0 Å². The van der Waals surface area contributed by atoms with Gasteiger partial charge in [0.25, 0.3) is 0 Å². The first kappa shape index (κ1) is 12.3. The summed E-state index contributed by atoms with van der Waals surface area (Å²) in [5, 5.41) is 4.12. The molecule has 0 spiro atoms. The summed E-state index contributed by atoms with van der Waals surface area (Å²) in [5.41, 5.74) is 1.17. The zero-order valence-electron chi connectivity index (χ0n) is 10.7. The molecule has 1 fully saturated rings. The first-order valence-corrected chi connectivity index (χ1v) is 6.73. The topological polar surface area (TPSA) is 34.9 Å². The van der Waals surface area contributed by atoms with Gasteiger partial charge >= 0.3 is 0 Å². The second kappa shape index (κ2) is 5.99. The van der Waals surface area contributed by atoms with E-state index in [-0.39, 0.29) is 0 Å². The number of aryl methyl sites for hydroxylation is 2. The molecule has 0 aliphatic heterocycles. The Morgan fingerprint density at radius 3 is 2.82 bits per heavy atom. The third-order valence-corrected chi connectivity index (χ3v) is 3.69. The van der Waals surface area contributed by atoms with Crippen LogP contribution in [0.5, 0.6) is 0 Å². The van der Waals surface area contributed by atoms with Crippen molar-refractivity contribution in [3.05, 3.63) is 18.0 Å². The normalized spacial score (nSPS) is 17.2. The number of hydrogen-bond acceptors (Lipinski definition) is 2. The van der Waals surface area contributed by atoms with Crippen molar-refractivity contribution >= 4 is 5.78 Å². The molecule has 2 rings (SSSR count). The van der Waals surface area contributed by atoms with Gasteiger partial charge in [-0.1, -0.05) is 32.1 Å². The molecular formula is C14H22N2O. The number of carbonyl (C=O) groups is 1. The van der Waals surface area contributed by atoms with Crippen LogP contribution in [0.25, 0.3) is 0 Å². The first-order valence-electron chi connectivity index (χ1n) is 6.73. The summed E-state index contributed by atoms with van der Waals surface area (Å²) in [6.07, 6.45) is 12.7. The minimum absolute atomic E-state index is 0.431. The van der Waals surface area contributed by atoms with Gasteiger partial charge in [-0.3, -0.25) is 9.48 Å². The minimum Gasteiger partial charge on any atom is -0.300 e. The average molecular weight is 234 g/mol. The fourth-order valence-corrected chi connectivity index (χ4v) is 2.70. The van der Waals surface area contributed by atoms with E-state index >= 15 is 0 Å². The van der Waals surface area contributed by atoms with Crippen molar-refractivity contribution in [1.29, 1.82) is 0 Å². The van der Waals surface area contributed by atoms with Crippen LogP contribution in [0.3, 0.4) is 0 Å². The average Bonchev–Trinajstić information content (AvgIpc) is 2.74. The third kappa shape index (κ3) is 3.99. The quantitative estimate of drug-likeness (QED) is 0.785. The van der Waals surface area contributed by atoms with E-state index in [9.17, 15) is 4.79 Å². The predicted molar refractivity (Wildman–Crippen MR) is 67.7 cm³/mol. The van der Waals surface area contributed by atoms with Crippen LogP contribution in [-0.2, 0) is 18.3 Å². The van der Waals surface area contributed by atoms with Crippen LogP contribution in [0.15, 0.2) is 12.4 Å². The van der Waals surface area contributed by atoms with Crippen molar-refractivity contribution in [2.24, 2.45) is 13.0 Å². The summed E-state index contributed by atoms with van der Waals surface area (Å²) >= 11 is 0. The number of nitrogens with zero attached hydrogens (tertiary/aromatic N) is 2. The molecule has 0 radical (unpaired) electrons. The van der Waals surface area contributed by atoms with Gasteiger partial charge in [0.1, 0.15) is 5.78 Å². The number of Topliss-reactive ketones (excluding diaryl/α,β-unsaturated/α-hetero) is 1. The largest absolute Gasteiger partial charge is 0.300 e. The fourth-order valence-electron chi connectivity index (χ4n) is 2.70. The van der Waals surface area contributed by atoms with Crippen LogP contribution in [0.4, 0.5) is 0 Å². The number of hydrogen-bond donors (Lipinski definition) is 0. The summed E-state index contributed by atoms with van der Waals surface area (Å²) in [4.78, 5) is 11.9. The third-order valence-electron chi connectivity index (χ3n) is 3.69. The van der Waals surface area contributed by atoms with Gasteiger partial charge in [0.05, 0.1) is 6.20 Å². The summed E-state index contributed by atoms with van der Waals surface area (Å²) < 4.78 is 1.79. The lowest BCUT2D eigenvalue weighted by Gasteiger charge is -2.20. The van der Waals surface area contributed by atoms with E-state index in [1.807, 2.05) is 19.4 Å². The molecule has 1 heterocycles. The lowest BCUT2D eigenvalue weighted by Crippen LogP contribution is -2.12. The van der Waals surface area contributed by atoms with Gasteiger partial charge < -0.3 is 0 Å². The Kier molecular flexibility index (Phi) is 4.35. The van der Waals surface area contributed by atoms with E-state index in [1.165, 1.54) is 37.7 Å². The predicted octanol–water partition coefficient (Wildman–Crippen LogP) is 2.89. The zero-order valence-corrected chi connectivity index (χ0v) is 10.7. The van der Waals surface area contributed by atoms with Gasteiger partial charge in [-0.05, 0) is 17.9 Å². The van der Waals surface area contributed by atoms with Gasteiger partial charge in [0, 0.05) is 26.1 Å². The van der Waals surface area contributed by atoms with E-state index < -0.39 is 0 Å². The maximum Gasteiger partial charge on any atom is 0.133 e. The van der Waals surface area contributed by atoms with Gasteiger partial charge in [-0.15, -0.1) is 0 Å². The molecule has 1 aliphatic carbocycles. The van der Waals surface area contributed by atoms with E-state index in [0.717, 1.165) is 12.8 Å². The summed E-state index contributed by atoms with van der Waals surface area (Å²) in [7, 11) is 1.91. The Morgan fingerprint density at radius 2 is 2.18 bits per heavy atom. The number of carbonyl (C=O) groups excluding carboxylic acids is 1. The zero-order chi connectivity index (χ0) is 12.1. The molecule has 1 aromatic heterocycles. The van der Waals surface area contributed by atoms with Crippen molar-refractivity contribution in [2.75, 3.05) is 0 Å². The van der Waals surface area contributed by atoms with E-state index in [4.69, 9.17) is 0 Å². The summed E-state index contributed by atoms with van der Waals surface area (Å²) in [6, 6.07) is 0. The molecule has 1 saturated carbocycles. The lowest BCUT2D eigenvalue weighted by molar-refractivity contribution is -0.120. The highest BCUT2D eigenvalue weighted by Gasteiger charge is 2.16. The van der Waals surface area contributed by atoms with Crippen molar-refractivity contribution in [1.82, 2.24) is 9.78 Å². The molecule has 1 aliphatic rings.